The first-order chi connectivity index (χ1) is 14.5. The molecule has 30 heavy (non-hydrogen) atoms. The number of nitrogens with one attached hydrogen (secondary N) is 1. The number of thioether (sulfide) groups is 1. The number of halogens is 1. The summed E-state index contributed by atoms with van der Waals surface area (Å²) in [5.41, 5.74) is 0.647. The van der Waals surface area contributed by atoms with Gasteiger partial charge < -0.3 is 14.8 Å². The molecule has 3 rings (SSSR count). The van der Waals surface area contributed by atoms with Gasteiger partial charge in [-0.15, -0.1) is 21.5 Å². The second-order valence-corrected chi connectivity index (χ2v) is 9.25. The van der Waals surface area contributed by atoms with E-state index in [9.17, 15) is 9.59 Å². The first kappa shape index (κ1) is 22.5. The van der Waals surface area contributed by atoms with Gasteiger partial charge in [0.25, 0.3) is 0 Å². The molecule has 0 aliphatic rings. The number of hydrogen-bond donors (Lipinski definition) is 1. The number of nitrogens with zero attached hydrogens (tertiary/aromatic N) is 3. The molecule has 0 bridgehead atoms. The lowest BCUT2D eigenvalue weighted by Crippen LogP contribution is -2.14. The highest BCUT2D eigenvalue weighted by atomic mass is 35.5. The summed E-state index contributed by atoms with van der Waals surface area (Å²) in [6.45, 7) is 2.40. The van der Waals surface area contributed by atoms with Crippen LogP contribution in [0, 0.1) is 0 Å². The largest absolute Gasteiger partial charge is 0.486 e. The molecule has 0 aliphatic carbocycles. The third-order valence-corrected chi connectivity index (χ3v) is 6.46. The smallest absolute Gasteiger partial charge is 0.316 e. The average Bonchev–Trinajstić information content (AvgIpc) is 3.35. The molecule has 0 saturated carbocycles. The lowest BCUT2D eigenvalue weighted by Gasteiger charge is -2.03. The number of amides is 1. The highest BCUT2D eigenvalue weighted by Gasteiger charge is 2.13. The lowest BCUT2D eigenvalue weighted by atomic mass is 10.3. The summed E-state index contributed by atoms with van der Waals surface area (Å²) in [5, 5.41) is 14.1. The van der Waals surface area contributed by atoms with Crippen LogP contribution in [0.3, 0.4) is 0 Å². The second kappa shape index (κ2) is 11.3. The van der Waals surface area contributed by atoms with E-state index in [1.807, 2.05) is 5.38 Å². The fourth-order valence-electron chi connectivity index (χ4n) is 2.14. The summed E-state index contributed by atoms with van der Waals surface area (Å²) in [7, 11) is 0. The molecule has 1 aromatic carbocycles. The summed E-state index contributed by atoms with van der Waals surface area (Å²) in [5.74, 6) is 0.281. The van der Waals surface area contributed by atoms with Crippen LogP contribution < -0.4 is 10.1 Å². The Morgan fingerprint density at radius 2 is 2.03 bits per heavy atom. The summed E-state index contributed by atoms with van der Waals surface area (Å²) in [4.78, 5) is 28.0. The standard InChI is InChI=1S/C18H17ClN4O4S3/c1-2-26-16(25)10-29-18-23-22-17(30-18)21-14(24)7-12-9-28-15(20-12)8-27-13-5-3-11(19)4-6-13/h3-6,9H,2,7-8,10H2,1H3,(H,21,22,24). The number of thiazole rings is 1. The third-order valence-electron chi connectivity index (χ3n) is 3.39. The van der Waals surface area contributed by atoms with E-state index in [-0.39, 0.29) is 24.1 Å². The molecule has 0 aliphatic heterocycles. The van der Waals surface area contributed by atoms with Crippen LogP contribution in [0.2, 0.25) is 5.02 Å². The molecule has 12 heteroatoms. The zero-order valence-corrected chi connectivity index (χ0v) is 19.0. The van der Waals surface area contributed by atoms with Crippen LogP contribution in [0.4, 0.5) is 5.13 Å². The number of carbonyl (C=O) groups excluding carboxylic acids is 2. The summed E-state index contributed by atoms with van der Waals surface area (Å²) in [6.07, 6.45) is 0.113. The number of anilines is 1. The van der Waals surface area contributed by atoms with Crippen LogP contribution in [0.25, 0.3) is 0 Å². The molecule has 3 aromatic rings. The Hall–Kier alpha value is -2.21. The van der Waals surface area contributed by atoms with Crippen LogP contribution in [0.1, 0.15) is 17.6 Å². The molecule has 0 fully saturated rings. The molecule has 1 N–H and O–H groups in total. The van der Waals surface area contributed by atoms with E-state index < -0.39 is 0 Å². The van der Waals surface area contributed by atoms with Gasteiger partial charge in [-0.1, -0.05) is 34.7 Å². The number of benzene rings is 1. The van der Waals surface area contributed by atoms with Crippen LogP contribution in [0.5, 0.6) is 5.75 Å². The van der Waals surface area contributed by atoms with Crippen LogP contribution in [-0.2, 0) is 27.4 Å². The number of rotatable bonds is 10. The SMILES string of the molecule is CCOC(=O)CSc1nnc(NC(=O)Cc2csc(COc3ccc(Cl)cc3)n2)s1. The van der Waals surface area contributed by atoms with E-state index in [0.29, 0.717) is 39.2 Å². The molecule has 0 spiro atoms. The quantitative estimate of drug-likeness (QED) is 0.261. The normalized spacial score (nSPS) is 10.6. The second-order valence-electron chi connectivity index (χ2n) is 5.67. The van der Waals surface area contributed by atoms with Gasteiger partial charge in [0.05, 0.1) is 24.5 Å². The van der Waals surface area contributed by atoms with Crippen molar-refractivity contribution in [1.82, 2.24) is 15.2 Å². The molecule has 1 amide bonds. The van der Waals surface area contributed by atoms with Crippen LogP contribution in [-0.4, -0.2) is 39.4 Å². The molecule has 0 atom stereocenters. The highest BCUT2D eigenvalue weighted by Crippen LogP contribution is 2.25. The van der Waals surface area contributed by atoms with E-state index in [1.165, 1.54) is 34.4 Å². The molecule has 158 valence electrons. The number of carbonyl (C=O) groups is 2. The fourth-order valence-corrected chi connectivity index (χ4v) is 4.54. The topological polar surface area (TPSA) is 103 Å². The van der Waals surface area contributed by atoms with Gasteiger partial charge >= 0.3 is 5.97 Å². The lowest BCUT2D eigenvalue weighted by molar-refractivity contribution is -0.139. The Balaban J connectivity index is 1.44. The molecular formula is C18H17ClN4O4S3. The van der Waals surface area contributed by atoms with Gasteiger partial charge in [0.15, 0.2) is 4.34 Å². The number of ether oxygens (including phenoxy) is 2. The zero-order valence-electron chi connectivity index (χ0n) is 15.8. The predicted octanol–water partition coefficient (Wildman–Crippen LogP) is 4.06. The zero-order chi connectivity index (χ0) is 21.3. The Morgan fingerprint density at radius 3 is 2.80 bits per heavy atom. The fraction of sp³-hybridized carbons (Fsp3) is 0.278. The van der Waals surface area contributed by atoms with E-state index in [2.05, 4.69) is 20.5 Å². The van der Waals surface area contributed by atoms with Crippen LogP contribution >= 0.6 is 46.0 Å². The summed E-state index contributed by atoms with van der Waals surface area (Å²) in [6, 6.07) is 7.07. The highest BCUT2D eigenvalue weighted by molar-refractivity contribution is 8.01. The van der Waals surface area contributed by atoms with Gasteiger partial charge in [0.2, 0.25) is 11.0 Å². The minimum absolute atomic E-state index is 0.113. The maximum absolute atomic E-state index is 12.2. The van der Waals surface area contributed by atoms with Gasteiger partial charge in [-0.2, -0.15) is 0 Å². The van der Waals surface area contributed by atoms with Gasteiger partial charge in [-0.25, -0.2) is 4.98 Å². The van der Waals surface area contributed by atoms with Crippen molar-refractivity contribution in [1.29, 1.82) is 0 Å². The Kier molecular flexibility index (Phi) is 8.43. The van der Waals surface area contributed by atoms with Crippen molar-refractivity contribution in [2.24, 2.45) is 0 Å². The van der Waals surface area contributed by atoms with Crippen molar-refractivity contribution in [3.05, 3.63) is 45.4 Å². The third kappa shape index (κ3) is 7.24. The Morgan fingerprint density at radius 1 is 1.23 bits per heavy atom. The van der Waals surface area contributed by atoms with E-state index >= 15 is 0 Å². The molecule has 0 saturated heterocycles. The van der Waals surface area contributed by atoms with Gasteiger partial charge in [0, 0.05) is 10.4 Å². The van der Waals surface area contributed by atoms with Crippen LogP contribution in [0.15, 0.2) is 34.0 Å². The minimum Gasteiger partial charge on any atom is -0.486 e. The van der Waals surface area contributed by atoms with Gasteiger partial charge in [0.1, 0.15) is 17.4 Å². The number of esters is 1. The van der Waals surface area contributed by atoms with Crippen molar-refractivity contribution in [2.75, 3.05) is 17.7 Å². The maximum Gasteiger partial charge on any atom is 0.316 e. The van der Waals surface area contributed by atoms with E-state index in [4.69, 9.17) is 21.1 Å². The first-order valence-corrected chi connectivity index (χ1v) is 11.8. The predicted molar refractivity (Wildman–Crippen MR) is 117 cm³/mol. The summed E-state index contributed by atoms with van der Waals surface area (Å²) >= 11 is 9.68. The molecule has 2 aromatic heterocycles. The van der Waals surface area contributed by atoms with Gasteiger partial charge in [-0.05, 0) is 31.2 Å². The first-order valence-electron chi connectivity index (χ1n) is 8.75. The molecule has 2 heterocycles. The summed E-state index contributed by atoms with van der Waals surface area (Å²) < 4.78 is 11.1. The van der Waals surface area contributed by atoms with Crippen molar-refractivity contribution in [3.8, 4) is 5.75 Å². The molecule has 8 nitrogen and oxygen atoms in total. The van der Waals surface area contributed by atoms with Gasteiger partial charge in [-0.3, -0.25) is 9.59 Å². The minimum atomic E-state index is -0.317. The number of aromatic nitrogens is 3. The van der Waals surface area contributed by atoms with Crippen molar-refractivity contribution in [2.45, 2.75) is 24.3 Å². The van der Waals surface area contributed by atoms with Crippen molar-refractivity contribution < 1.29 is 19.1 Å². The molecule has 0 unspecified atom stereocenters. The van der Waals surface area contributed by atoms with E-state index in [0.717, 1.165) is 5.01 Å². The van der Waals surface area contributed by atoms with Crippen molar-refractivity contribution in [3.63, 3.8) is 0 Å². The molecular weight excluding hydrogens is 468 g/mol. The Labute approximate surface area is 190 Å². The average molecular weight is 485 g/mol. The van der Waals surface area contributed by atoms with E-state index in [1.54, 1.807) is 31.2 Å². The maximum atomic E-state index is 12.2. The Bertz CT molecular complexity index is 993. The number of hydrogen-bond acceptors (Lipinski definition) is 10. The monoisotopic (exact) mass is 484 g/mol. The molecule has 0 radical (unpaired) electrons. The van der Waals surface area contributed by atoms with Crippen molar-refractivity contribution >= 4 is 63.0 Å².